The van der Waals surface area contributed by atoms with Crippen LogP contribution in [0.3, 0.4) is 0 Å². The molecule has 2 aromatic rings. The van der Waals surface area contributed by atoms with Crippen molar-refractivity contribution < 1.29 is 14.3 Å². The molecule has 0 atom stereocenters. The Bertz CT molecular complexity index is 799. The fraction of sp³-hybridized carbons (Fsp3) is 0.364. The second-order valence-corrected chi connectivity index (χ2v) is 6.74. The third-order valence-electron chi connectivity index (χ3n) is 4.75. The molecule has 28 heavy (non-hydrogen) atoms. The summed E-state index contributed by atoms with van der Waals surface area (Å²) in [5.74, 6) is 0.222. The molecule has 1 aliphatic heterocycles. The molecule has 0 aromatic heterocycles. The topological polar surface area (TPSA) is 70.7 Å². The monoisotopic (exact) mass is 381 g/mol. The lowest BCUT2D eigenvalue weighted by molar-refractivity contribution is -0.120. The molecule has 0 radical (unpaired) electrons. The molecule has 148 valence electrons. The predicted molar refractivity (Wildman–Crippen MR) is 110 cm³/mol. The summed E-state index contributed by atoms with van der Waals surface area (Å²) in [4.78, 5) is 26.7. The fourth-order valence-corrected chi connectivity index (χ4v) is 3.31. The van der Waals surface area contributed by atoms with Crippen LogP contribution in [0.1, 0.15) is 35.7 Å². The van der Waals surface area contributed by atoms with Gasteiger partial charge in [0.1, 0.15) is 5.75 Å². The summed E-state index contributed by atoms with van der Waals surface area (Å²) >= 11 is 0. The molecule has 0 saturated carbocycles. The lowest BCUT2D eigenvalue weighted by Crippen LogP contribution is -2.36. The van der Waals surface area contributed by atoms with E-state index in [-0.39, 0.29) is 18.4 Å². The fourth-order valence-electron chi connectivity index (χ4n) is 3.31. The van der Waals surface area contributed by atoms with Gasteiger partial charge in [0.25, 0.3) is 5.91 Å². The molecular formula is C22H27N3O3. The number of benzene rings is 2. The van der Waals surface area contributed by atoms with Crippen LogP contribution in [-0.4, -0.2) is 38.1 Å². The van der Waals surface area contributed by atoms with Gasteiger partial charge in [-0.3, -0.25) is 9.59 Å². The van der Waals surface area contributed by atoms with Crippen LogP contribution in [-0.2, 0) is 11.3 Å². The Labute approximate surface area is 165 Å². The van der Waals surface area contributed by atoms with E-state index in [0.717, 1.165) is 18.7 Å². The molecule has 0 aliphatic carbocycles. The Balaban J connectivity index is 1.48. The summed E-state index contributed by atoms with van der Waals surface area (Å²) in [6.07, 6.45) is 2.41. The smallest absolute Gasteiger partial charge is 0.251 e. The molecular weight excluding hydrogens is 354 g/mol. The van der Waals surface area contributed by atoms with E-state index < -0.39 is 0 Å². The lowest BCUT2D eigenvalue weighted by atomic mass is 10.1. The van der Waals surface area contributed by atoms with Crippen LogP contribution in [0.2, 0.25) is 0 Å². The lowest BCUT2D eigenvalue weighted by Gasteiger charge is -2.21. The van der Waals surface area contributed by atoms with E-state index in [1.165, 1.54) is 18.5 Å². The van der Waals surface area contributed by atoms with Crippen molar-refractivity contribution >= 4 is 17.5 Å². The molecule has 0 unspecified atom stereocenters. The maximum atomic E-state index is 12.2. The maximum absolute atomic E-state index is 12.2. The number of amides is 2. The number of nitrogens with one attached hydrogen (secondary N) is 2. The third-order valence-corrected chi connectivity index (χ3v) is 4.75. The minimum atomic E-state index is -0.282. The van der Waals surface area contributed by atoms with E-state index in [2.05, 4.69) is 21.6 Å². The summed E-state index contributed by atoms with van der Waals surface area (Å²) in [5, 5.41) is 5.55. The first kappa shape index (κ1) is 19.7. The highest BCUT2D eigenvalue weighted by Crippen LogP contribution is 2.24. The van der Waals surface area contributed by atoms with Crippen LogP contribution in [0, 0.1) is 0 Å². The van der Waals surface area contributed by atoms with Crippen LogP contribution in [0.15, 0.2) is 48.5 Å². The van der Waals surface area contributed by atoms with Gasteiger partial charge in [0.05, 0.1) is 13.2 Å². The largest absolute Gasteiger partial charge is 0.494 e. The molecule has 1 fully saturated rings. The first-order chi connectivity index (χ1) is 13.7. The van der Waals surface area contributed by atoms with Gasteiger partial charge in [0.2, 0.25) is 5.91 Å². The Morgan fingerprint density at radius 2 is 1.71 bits per heavy atom. The average Bonchev–Trinajstić information content (AvgIpc) is 3.26. The summed E-state index contributed by atoms with van der Waals surface area (Å²) in [6.45, 7) is 4.99. The van der Waals surface area contributed by atoms with Crippen LogP contribution in [0.5, 0.6) is 5.75 Å². The zero-order valence-corrected chi connectivity index (χ0v) is 16.2. The molecule has 6 heteroatoms. The molecule has 1 saturated heterocycles. The first-order valence-corrected chi connectivity index (χ1v) is 9.78. The van der Waals surface area contributed by atoms with E-state index in [4.69, 9.17) is 4.74 Å². The van der Waals surface area contributed by atoms with Gasteiger partial charge in [0.15, 0.2) is 0 Å². The summed E-state index contributed by atoms with van der Waals surface area (Å²) in [6, 6.07) is 15.0. The number of carbonyl (C=O) groups is 2. The second-order valence-electron chi connectivity index (χ2n) is 6.74. The molecule has 3 rings (SSSR count). The van der Waals surface area contributed by atoms with E-state index in [1.807, 2.05) is 25.1 Å². The van der Waals surface area contributed by atoms with E-state index >= 15 is 0 Å². The summed E-state index contributed by atoms with van der Waals surface area (Å²) in [5.41, 5.74) is 2.77. The molecule has 0 bridgehead atoms. The number of hydrogen-bond acceptors (Lipinski definition) is 4. The molecule has 1 heterocycles. The minimum Gasteiger partial charge on any atom is -0.494 e. The van der Waals surface area contributed by atoms with Gasteiger partial charge in [-0.1, -0.05) is 18.2 Å². The van der Waals surface area contributed by atoms with Crippen molar-refractivity contribution in [1.29, 1.82) is 0 Å². The van der Waals surface area contributed by atoms with Crippen molar-refractivity contribution in [2.75, 3.05) is 31.1 Å². The molecule has 2 N–H and O–H groups in total. The number of carbonyl (C=O) groups excluding carboxylic acids is 2. The molecule has 2 amide bonds. The van der Waals surface area contributed by atoms with Gasteiger partial charge in [-0.2, -0.15) is 0 Å². The average molecular weight is 381 g/mol. The van der Waals surface area contributed by atoms with E-state index in [0.29, 0.717) is 24.5 Å². The summed E-state index contributed by atoms with van der Waals surface area (Å²) in [7, 11) is 0. The minimum absolute atomic E-state index is 0.0576. The summed E-state index contributed by atoms with van der Waals surface area (Å²) < 4.78 is 5.36. The zero-order valence-electron chi connectivity index (χ0n) is 16.2. The maximum Gasteiger partial charge on any atom is 0.251 e. The van der Waals surface area contributed by atoms with Crippen molar-refractivity contribution in [3.05, 3.63) is 59.7 Å². The molecule has 0 spiro atoms. The quantitative estimate of drug-likeness (QED) is 0.738. The van der Waals surface area contributed by atoms with Gasteiger partial charge >= 0.3 is 0 Å². The number of para-hydroxylation sites is 1. The third kappa shape index (κ3) is 5.25. The van der Waals surface area contributed by atoms with Gasteiger partial charge in [-0.15, -0.1) is 0 Å². The number of anilines is 1. The molecule has 1 aliphatic rings. The van der Waals surface area contributed by atoms with Crippen LogP contribution < -0.4 is 20.3 Å². The zero-order chi connectivity index (χ0) is 19.8. The predicted octanol–water partition coefficient (Wildman–Crippen LogP) is 2.73. The Hall–Kier alpha value is -3.02. The van der Waals surface area contributed by atoms with Crippen molar-refractivity contribution in [2.45, 2.75) is 26.3 Å². The number of nitrogens with zero attached hydrogens (tertiary/aromatic N) is 1. The van der Waals surface area contributed by atoms with E-state index in [9.17, 15) is 9.59 Å². The van der Waals surface area contributed by atoms with Crippen LogP contribution in [0.4, 0.5) is 5.69 Å². The highest BCUT2D eigenvalue weighted by Gasteiger charge is 2.15. The molecule has 6 nitrogen and oxygen atoms in total. The Morgan fingerprint density at radius 3 is 2.43 bits per heavy atom. The Morgan fingerprint density at radius 1 is 1.00 bits per heavy atom. The van der Waals surface area contributed by atoms with Crippen molar-refractivity contribution in [1.82, 2.24) is 10.6 Å². The van der Waals surface area contributed by atoms with Gasteiger partial charge in [-0.25, -0.2) is 0 Å². The highest BCUT2D eigenvalue weighted by molar-refractivity contribution is 5.96. The van der Waals surface area contributed by atoms with Crippen LogP contribution >= 0.6 is 0 Å². The number of rotatable bonds is 8. The SMILES string of the molecule is CCOc1ccc(C(=O)NCC(=O)NCc2ccccc2N2CCCC2)cc1. The van der Waals surface area contributed by atoms with Crippen molar-refractivity contribution in [2.24, 2.45) is 0 Å². The van der Waals surface area contributed by atoms with Gasteiger partial charge < -0.3 is 20.3 Å². The first-order valence-electron chi connectivity index (χ1n) is 9.78. The second kappa shape index (κ2) is 9.78. The molecule has 2 aromatic carbocycles. The van der Waals surface area contributed by atoms with Gasteiger partial charge in [0, 0.05) is 30.9 Å². The normalized spacial score (nSPS) is 13.2. The van der Waals surface area contributed by atoms with Crippen molar-refractivity contribution in [3.63, 3.8) is 0 Å². The highest BCUT2D eigenvalue weighted by atomic mass is 16.5. The van der Waals surface area contributed by atoms with Crippen LogP contribution in [0.25, 0.3) is 0 Å². The standard InChI is InChI=1S/C22H27N3O3/c1-2-28-19-11-9-17(10-12-19)22(27)24-16-21(26)23-15-18-7-3-4-8-20(18)25-13-5-6-14-25/h3-4,7-12H,2,5-6,13-16H2,1H3,(H,23,26)(H,24,27). The van der Waals surface area contributed by atoms with Gasteiger partial charge in [-0.05, 0) is 55.7 Å². The number of hydrogen-bond donors (Lipinski definition) is 2. The van der Waals surface area contributed by atoms with E-state index in [1.54, 1.807) is 24.3 Å². The Kier molecular flexibility index (Phi) is 6.89. The number of ether oxygens (including phenoxy) is 1. The van der Waals surface area contributed by atoms with Crippen molar-refractivity contribution in [3.8, 4) is 5.75 Å².